The Labute approximate surface area is 258 Å². The Morgan fingerprint density at radius 3 is 2.51 bits per heavy atom. The van der Waals surface area contributed by atoms with Crippen molar-refractivity contribution in [1.29, 1.82) is 0 Å². The third-order valence-corrected chi connectivity index (χ3v) is 13.3. The molecule has 4 saturated carbocycles. The predicted octanol–water partition coefficient (Wildman–Crippen LogP) is 3.77. The maximum Gasteiger partial charge on any atom is 0.330 e. The van der Waals surface area contributed by atoms with Crippen molar-refractivity contribution < 1.29 is 34.4 Å². The van der Waals surface area contributed by atoms with E-state index >= 15 is 0 Å². The molecule has 0 radical (unpaired) electrons. The zero-order valence-corrected chi connectivity index (χ0v) is 26.3. The van der Waals surface area contributed by atoms with Crippen molar-refractivity contribution in [2.45, 2.75) is 103 Å². The van der Waals surface area contributed by atoms with E-state index in [0.717, 1.165) is 38.5 Å². The van der Waals surface area contributed by atoms with Crippen molar-refractivity contribution in [3.63, 3.8) is 0 Å². The van der Waals surface area contributed by atoms with Gasteiger partial charge in [0, 0.05) is 29.9 Å². The molecule has 43 heavy (non-hydrogen) atoms. The van der Waals surface area contributed by atoms with Crippen LogP contribution >= 0.6 is 11.8 Å². The number of carbonyl (C=O) groups is 3. The van der Waals surface area contributed by atoms with E-state index in [-0.39, 0.29) is 58.1 Å². The first-order chi connectivity index (χ1) is 20.4. The number of ether oxygens (including phenoxy) is 1. The number of aliphatic hydroxyl groups is 1. The summed E-state index contributed by atoms with van der Waals surface area (Å²) >= 11 is 1.64. The Hall–Kier alpha value is -2.46. The lowest BCUT2D eigenvalue weighted by Gasteiger charge is -2.47. The van der Waals surface area contributed by atoms with E-state index < -0.39 is 24.1 Å². The van der Waals surface area contributed by atoms with Gasteiger partial charge in [0.2, 0.25) is 11.8 Å². The number of amides is 2. The van der Waals surface area contributed by atoms with Gasteiger partial charge in [-0.25, -0.2) is 4.79 Å². The molecule has 1 heterocycles. The van der Waals surface area contributed by atoms with Crippen molar-refractivity contribution in [3.05, 3.63) is 23.8 Å². The van der Waals surface area contributed by atoms with E-state index in [1.54, 1.807) is 16.7 Å². The normalized spacial score (nSPS) is 34.2. The van der Waals surface area contributed by atoms with E-state index in [1.807, 2.05) is 0 Å². The van der Waals surface area contributed by atoms with E-state index in [2.05, 4.69) is 26.1 Å². The fraction of sp³-hybridized carbons (Fsp3) is 0.727. The predicted molar refractivity (Wildman–Crippen MR) is 162 cm³/mol. The van der Waals surface area contributed by atoms with Crippen LogP contribution < -0.4 is 5.32 Å². The van der Waals surface area contributed by atoms with E-state index in [4.69, 9.17) is 4.74 Å². The first-order valence-electron chi connectivity index (χ1n) is 16.0. The van der Waals surface area contributed by atoms with Gasteiger partial charge < -0.3 is 30.3 Å². The third kappa shape index (κ3) is 4.73. The molecule has 1 saturated heterocycles. The lowest BCUT2D eigenvalue weighted by Crippen LogP contribution is -2.61. The Kier molecular flexibility index (Phi) is 7.93. The highest BCUT2D eigenvalue weighted by molar-refractivity contribution is 7.99. The molecule has 7 unspecified atom stereocenters. The third-order valence-electron chi connectivity index (χ3n) is 12.3. The lowest BCUT2D eigenvalue weighted by atomic mass is 9.64. The van der Waals surface area contributed by atoms with Crippen LogP contribution in [0, 0.1) is 28.1 Å². The highest BCUT2D eigenvalue weighted by Crippen LogP contribution is 2.93. The first-order valence-corrected chi connectivity index (χ1v) is 17.2. The number of esters is 1. The average molecular weight is 615 g/mol. The highest BCUT2D eigenvalue weighted by Gasteiger charge is 2.91. The number of rotatable bonds is 8. The molecule has 7 atom stereocenters. The van der Waals surface area contributed by atoms with Gasteiger partial charge in [0.25, 0.3) is 0 Å². The number of nitrogens with zero attached hydrogens (tertiary/aromatic N) is 1. The number of benzene rings is 1. The summed E-state index contributed by atoms with van der Waals surface area (Å²) in [5, 5.41) is 33.0. The van der Waals surface area contributed by atoms with Crippen molar-refractivity contribution in [2.24, 2.45) is 28.1 Å². The quantitative estimate of drug-likeness (QED) is 0.257. The molecule has 6 rings (SSSR count). The Morgan fingerprint density at radius 1 is 1.09 bits per heavy atom. The summed E-state index contributed by atoms with van der Waals surface area (Å²) in [7, 11) is 0. The lowest BCUT2D eigenvalue weighted by molar-refractivity contribution is -0.178. The highest BCUT2D eigenvalue weighted by atomic mass is 32.2. The van der Waals surface area contributed by atoms with Crippen LogP contribution in [0.25, 0.3) is 0 Å². The van der Waals surface area contributed by atoms with Gasteiger partial charge in [-0.15, -0.1) is 0 Å². The molecular formula is C33H46N2O7S. The largest absolute Gasteiger partial charge is 0.504 e. The van der Waals surface area contributed by atoms with E-state index in [1.165, 1.54) is 31.0 Å². The molecule has 1 aromatic carbocycles. The van der Waals surface area contributed by atoms with Gasteiger partial charge in [-0.2, -0.15) is 11.8 Å². The molecule has 2 amide bonds. The summed E-state index contributed by atoms with van der Waals surface area (Å²) < 4.78 is 6.28. The SMILES string of the molecule is CC1(C)C2(C)CCC3CC(OC(=O)C4CSCCN4C(=O)C(NC(=O)C(O)Cc4ccc(O)c(O)c4)C4CCCCC4)C312. The molecule has 4 N–H and O–H groups in total. The molecule has 236 valence electrons. The van der Waals surface area contributed by atoms with Crippen molar-refractivity contribution >= 4 is 29.5 Å². The minimum Gasteiger partial charge on any atom is -0.504 e. The number of hydrogen-bond donors (Lipinski definition) is 4. The maximum absolute atomic E-state index is 14.2. The van der Waals surface area contributed by atoms with Gasteiger partial charge in [0.05, 0.1) is 0 Å². The van der Waals surface area contributed by atoms with Crippen LogP contribution in [0.5, 0.6) is 11.5 Å². The second-order valence-electron chi connectivity index (χ2n) is 14.3. The molecular weight excluding hydrogens is 568 g/mol. The second kappa shape index (κ2) is 11.2. The standard InChI is InChI=1S/C33H46N2O7S/c1-31(2)32(3)12-11-21-17-26(33(21,31)32)42-30(41)22-18-43-14-13-35(22)29(40)27(20-7-5-4-6-8-20)34-28(39)25(38)16-19-9-10-23(36)24(37)15-19/h9-10,15,20-22,25-27,36-38H,4-8,11-14,16-18H2,1-3H3,(H,34,39). The van der Waals surface area contributed by atoms with Crippen LogP contribution in [0.4, 0.5) is 0 Å². The summed E-state index contributed by atoms with van der Waals surface area (Å²) in [5.74, 6) is -0.213. The molecule has 1 spiro atoms. The maximum atomic E-state index is 14.2. The summed E-state index contributed by atoms with van der Waals surface area (Å²) in [6, 6.07) is 2.58. The van der Waals surface area contributed by atoms with Gasteiger partial charge in [0.1, 0.15) is 24.3 Å². The van der Waals surface area contributed by atoms with Gasteiger partial charge in [-0.05, 0) is 72.5 Å². The van der Waals surface area contributed by atoms with Gasteiger partial charge in [0.15, 0.2) is 11.5 Å². The number of phenols is 2. The number of carbonyl (C=O) groups excluding carboxylic acids is 3. The van der Waals surface area contributed by atoms with Crippen molar-refractivity contribution in [3.8, 4) is 11.5 Å². The smallest absolute Gasteiger partial charge is 0.330 e. The number of phenolic OH excluding ortho intramolecular Hbond substituents is 2. The molecule has 1 aliphatic heterocycles. The zero-order chi connectivity index (χ0) is 30.7. The number of nitrogens with one attached hydrogen (secondary N) is 1. The van der Waals surface area contributed by atoms with Crippen LogP contribution in [-0.4, -0.2) is 80.3 Å². The number of aromatic hydroxyl groups is 2. The van der Waals surface area contributed by atoms with Gasteiger partial charge in [-0.3, -0.25) is 9.59 Å². The van der Waals surface area contributed by atoms with Crippen LogP contribution in [0.3, 0.4) is 0 Å². The van der Waals surface area contributed by atoms with E-state index in [9.17, 15) is 29.7 Å². The molecule has 9 nitrogen and oxygen atoms in total. The minimum atomic E-state index is -1.45. The second-order valence-corrected chi connectivity index (χ2v) is 15.4. The van der Waals surface area contributed by atoms with Crippen molar-refractivity contribution in [1.82, 2.24) is 10.2 Å². The molecule has 1 aromatic rings. The van der Waals surface area contributed by atoms with Gasteiger partial charge in [-0.1, -0.05) is 46.1 Å². The van der Waals surface area contributed by atoms with E-state index in [0.29, 0.717) is 29.5 Å². The summed E-state index contributed by atoms with van der Waals surface area (Å²) in [5.41, 5.74) is 0.860. The van der Waals surface area contributed by atoms with Gasteiger partial charge >= 0.3 is 5.97 Å². The van der Waals surface area contributed by atoms with Crippen LogP contribution in [0.15, 0.2) is 18.2 Å². The monoisotopic (exact) mass is 614 g/mol. The molecule has 5 aliphatic rings. The molecule has 0 bridgehead atoms. The summed E-state index contributed by atoms with van der Waals surface area (Å²) in [4.78, 5) is 42.9. The number of hydrogen-bond acceptors (Lipinski definition) is 8. The molecule has 0 aromatic heterocycles. The topological polar surface area (TPSA) is 136 Å². The zero-order valence-electron chi connectivity index (χ0n) is 25.5. The molecule has 4 aliphatic carbocycles. The van der Waals surface area contributed by atoms with Crippen LogP contribution in [0.2, 0.25) is 0 Å². The van der Waals surface area contributed by atoms with Crippen LogP contribution in [-0.2, 0) is 25.5 Å². The fourth-order valence-electron chi connectivity index (χ4n) is 9.76. The Bertz CT molecular complexity index is 1280. The van der Waals surface area contributed by atoms with Crippen molar-refractivity contribution in [2.75, 3.05) is 18.1 Å². The molecule has 10 heteroatoms. The number of thioether (sulfide) groups is 1. The molecule has 5 fully saturated rings. The summed E-state index contributed by atoms with van der Waals surface area (Å²) in [6.45, 7) is 7.36. The number of aliphatic hydroxyl groups excluding tert-OH is 1. The Morgan fingerprint density at radius 2 is 1.84 bits per heavy atom. The Balaban J connectivity index is 1.16. The first kappa shape index (κ1) is 30.6. The summed E-state index contributed by atoms with van der Waals surface area (Å²) in [6.07, 6.45) is 6.19. The minimum absolute atomic E-state index is 0.0509. The average Bonchev–Trinajstić information content (AvgIpc) is 3.27. The van der Waals surface area contributed by atoms with Crippen LogP contribution in [0.1, 0.15) is 77.7 Å². The fourth-order valence-corrected chi connectivity index (χ4v) is 10.8.